The Morgan fingerprint density at radius 3 is 2.73 bits per heavy atom. The molecule has 0 bridgehead atoms. The van der Waals surface area contributed by atoms with E-state index in [4.69, 9.17) is 11.6 Å². The summed E-state index contributed by atoms with van der Waals surface area (Å²) in [5, 5.41) is 4.23. The second kappa shape index (κ2) is 5.55. The minimum atomic E-state index is -3.84. The van der Waals surface area contributed by atoms with Gasteiger partial charge in [0.25, 0.3) is 10.0 Å². The zero-order chi connectivity index (χ0) is 15.9. The van der Waals surface area contributed by atoms with Crippen LogP contribution in [0, 0.1) is 12.7 Å². The first-order valence-corrected chi connectivity index (χ1v) is 8.76. The molecule has 22 heavy (non-hydrogen) atoms. The maximum atomic E-state index is 13.3. The molecule has 5 nitrogen and oxygen atoms in total. The van der Waals surface area contributed by atoms with E-state index in [2.05, 4.69) is 9.82 Å². The monoisotopic (exact) mass is 343 g/mol. The van der Waals surface area contributed by atoms with Crippen LogP contribution in [-0.4, -0.2) is 18.2 Å². The lowest BCUT2D eigenvalue weighted by atomic mass is 9.93. The molecule has 0 radical (unpaired) electrons. The number of nitrogens with one attached hydrogen (secondary N) is 1. The highest BCUT2D eigenvalue weighted by molar-refractivity contribution is 7.92. The lowest BCUT2D eigenvalue weighted by molar-refractivity contribution is 0.271. The second-order valence-corrected chi connectivity index (χ2v) is 7.42. The summed E-state index contributed by atoms with van der Waals surface area (Å²) in [6.45, 7) is 1.59. The molecule has 0 amide bonds. The van der Waals surface area contributed by atoms with E-state index in [0.717, 1.165) is 25.3 Å². The highest BCUT2D eigenvalue weighted by atomic mass is 35.5. The molecule has 1 aliphatic carbocycles. The molecule has 0 unspecified atom stereocenters. The number of hydrogen-bond donors (Lipinski definition) is 1. The van der Waals surface area contributed by atoms with Crippen LogP contribution in [0.1, 0.15) is 30.9 Å². The van der Waals surface area contributed by atoms with Crippen LogP contribution in [0.4, 0.5) is 10.1 Å². The van der Waals surface area contributed by atoms with Crippen LogP contribution >= 0.6 is 11.6 Å². The molecule has 0 spiro atoms. The summed E-state index contributed by atoms with van der Waals surface area (Å²) in [4.78, 5) is 0. The quantitative estimate of drug-likeness (QED) is 0.923. The van der Waals surface area contributed by atoms with Gasteiger partial charge in [0.15, 0.2) is 5.03 Å². The fourth-order valence-corrected chi connectivity index (χ4v) is 4.12. The smallest absolute Gasteiger partial charge is 0.277 e. The molecule has 8 heteroatoms. The van der Waals surface area contributed by atoms with Crippen molar-refractivity contribution in [1.29, 1.82) is 0 Å². The van der Waals surface area contributed by atoms with E-state index in [0.29, 0.717) is 5.56 Å². The lowest BCUT2D eigenvalue weighted by Crippen LogP contribution is -2.25. The van der Waals surface area contributed by atoms with E-state index in [1.165, 1.54) is 23.0 Å². The Hall–Kier alpha value is -1.60. The van der Waals surface area contributed by atoms with Gasteiger partial charge in [-0.15, -0.1) is 0 Å². The Balaban J connectivity index is 1.96. The van der Waals surface area contributed by atoms with Crippen molar-refractivity contribution >= 4 is 27.3 Å². The molecule has 1 fully saturated rings. The third-order valence-electron chi connectivity index (χ3n) is 3.82. The van der Waals surface area contributed by atoms with Crippen molar-refractivity contribution in [2.45, 2.75) is 37.3 Å². The Morgan fingerprint density at radius 1 is 1.41 bits per heavy atom. The van der Waals surface area contributed by atoms with Crippen LogP contribution < -0.4 is 4.72 Å². The van der Waals surface area contributed by atoms with E-state index in [1.54, 1.807) is 6.92 Å². The minimum absolute atomic E-state index is 0.0239. The van der Waals surface area contributed by atoms with Crippen molar-refractivity contribution in [1.82, 2.24) is 9.78 Å². The summed E-state index contributed by atoms with van der Waals surface area (Å²) in [6.07, 6.45) is 4.37. The average Bonchev–Trinajstić information content (AvgIpc) is 2.81. The van der Waals surface area contributed by atoms with Crippen molar-refractivity contribution in [3.63, 3.8) is 0 Å². The van der Waals surface area contributed by atoms with Crippen LogP contribution in [0.15, 0.2) is 29.4 Å². The number of nitrogens with zero attached hydrogens (tertiary/aromatic N) is 2. The lowest BCUT2D eigenvalue weighted by Gasteiger charge is -2.27. The predicted molar refractivity (Wildman–Crippen MR) is 82.1 cm³/mol. The van der Waals surface area contributed by atoms with Gasteiger partial charge in [0.2, 0.25) is 0 Å². The minimum Gasteiger partial charge on any atom is -0.277 e. The maximum absolute atomic E-state index is 13.3. The number of benzene rings is 1. The van der Waals surface area contributed by atoms with Gasteiger partial charge in [0.1, 0.15) is 5.82 Å². The average molecular weight is 344 g/mol. The molecular formula is C14H15ClFN3O2S. The number of hydrogen-bond acceptors (Lipinski definition) is 3. The molecule has 1 saturated carbocycles. The molecule has 0 saturated heterocycles. The fourth-order valence-electron chi connectivity index (χ4n) is 2.44. The topological polar surface area (TPSA) is 64.0 Å². The van der Waals surface area contributed by atoms with Gasteiger partial charge in [-0.2, -0.15) is 13.5 Å². The molecule has 2 aromatic rings. The molecule has 1 aromatic heterocycles. The van der Waals surface area contributed by atoms with Gasteiger partial charge in [-0.25, -0.2) is 9.07 Å². The van der Waals surface area contributed by atoms with Gasteiger partial charge in [0, 0.05) is 0 Å². The zero-order valence-electron chi connectivity index (χ0n) is 11.9. The van der Waals surface area contributed by atoms with Crippen molar-refractivity contribution in [2.24, 2.45) is 0 Å². The molecule has 0 aliphatic heterocycles. The van der Waals surface area contributed by atoms with Crippen LogP contribution in [0.5, 0.6) is 0 Å². The zero-order valence-corrected chi connectivity index (χ0v) is 13.5. The standard InChI is InChI=1S/C14H15ClFN3O2S/c1-9-7-10(16)8-12(15)14(9)18-22(20,21)13-5-6-17-19(13)11-3-2-4-11/h5-8,11,18H,2-4H2,1H3. The summed E-state index contributed by atoms with van der Waals surface area (Å²) in [5.41, 5.74) is 0.604. The maximum Gasteiger partial charge on any atom is 0.279 e. The van der Waals surface area contributed by atoms with Gasteiger partial charge >= 0.3 is 0 Å². The van der Waals surface area contributed by atoms with E-state index < -0.39 is 15.8 Å². The van der Waals surface area contributed by atoms with Gasteiger partial charge in [-0.1, -0.05) is 11.6 Å². The molecule has 1 N–H and O–H groups in total. The fraction of sp³-hybridized carbons (Fsp3) is 0.357. The van der Waals surface area contributed by atoms with Crippen LogP contribution in [0.2, 0.25) is 5.02 Å². The van der Waals surface area contributed by atoms with E-state index in [9.17, 15) is 12.8 Å². The largest absolute Gasteiger partial charge is 0.279 e. The summed E-state index contributed by atoms with van der Waals surface area (Å²) >= 11 is 5.95. The number of sulfonamides is 1. The molecular weight excluding hydrogens is 329 g/mol. The summed E-state index contributed by atoms with van der Waals surface area (Å²) in [7, 11) is -3.84. The van der Waals surface area contributed by atoms with Gasteiger partial charge in [-0.05, 0) is 49.9 Å². The van der Waals surface area contributed by atoms with Gasteiger partial charge < -0.3 is 0 Å². The van der Waals surface area contributed by atoms with Crippen LogP contribution in [-0.2, 0) is 10.0 Å². The Bertz CT molecular complexity index is 792. The van der Waals surface area contributed by atoms with E-state index in [1.807, 2.05) is 0 Å². The number of halogens is 2. The number of anilines is 1. The first-order chi connectivity index (χ1) is 10.4. The first kappa shape index (κ1) is 15.3. The van der Waals surface area contributed by atoms with Gasteiger partial charge in [-0.3, -0.25) is 4.72 Å². The Kier molecular flexibility index (Phi) is 3.86. The van der Waals surface area contributed by atoms with Crippen molar-refractivity contribution in [3.8, 4) is 0 Å². The normalized spacial score (nSPS) is 15.6. The number of aryl methyl sites for hydroxylation is 1. The highest BCUT2D eigenvalue weighted by Crippen LogP contribution is 2.34. The van der Waals surface area contributed by atoms with Crippen LogP contribution in [0.3, 0.4) is 0 Å². The number of rotatable bonds is 4. The second-order valence-electron chi connectivity index (χ2n) is 5.38. The molecule has 1 aliphatic rings. The third kappa shape index (κ3) is 2.70. The van der Waals surface area contributed by atoms with Crippen molar-refractivity contribution in [3.05, 3.63) is 40.8 Å². The molecule has 1 aromatic carbocycles. The highest BCUT2D eigenvalue weighted by Gasteiger charge is 2.28. The predicted octanol–water partition coefficient (Wildman–Crippen LogP) is 3.51. The summed E-state index contributed by atoms with van der Waals surface area (Å²) in [6, 6.07) is 3.88. The first-order valence-electron chi connectivity index (χ1n) is 6.90. The summed E-state index contributed by atoms with van der Waals surface area (Å²) in [5.74, 6) is -0.509. The molecule has 118 valence electrons. The molecule has 3 rings (SSSR count). The van der Waals surface area contributed by atoms with E-state index >= 15 is 0 Å². The van der Waals surface area contributed by atoms with E-state index in [-0.39, 0.29) is 21.8 Å². The third-order valence-corrected chi connectivity index (χ3v) is 5.46. The Morgan fingerprint density at radius 2 is 2.14 bits per heavy atom. The summed E-state index contributed by atoms with van der Waals surface area (Å²) < 4.78 is 42.4. The SMILES string of the molecule is Cc1cc(F)cc(Cl)c1NS(=O)(=O)c1ccnn1C1CCC1. The van der Waals surface area contributed by atoms with Crippen molar-refractivity contribution in [2.75, 3.05) is 4.72 Å². The van der Waals surface area contributed by atoms with Gasteiger partial charge in [0.05, 0.1) is 22.9 Å². The van der Waals surface area contributed by atoms with Crippen molar-refractivity contribution < 1.29 is 12.8 Å². The molecule has 1 heterocycles. The Labute approximate surface area is 133 Å². The molecule has 0 atom stereocenters. The number of aromatic nitrogens is 2. The van der Waals surface area contributed by atoms with Crippen LogP contribution in [0.25, 0.3) is 0 Å².